The first-order chi connectivity index (χ1) is 15.2. The maximum absolute atomic E-state index is 13.1. The summed E-state index contributed by atoms with van der Waals surface area (Å²) in [6.07, 6.45) is 4.17. The molecule has 2 aromatic rings. The van der Waals surface area contributed by atoms with Crippen molar-refractivity contribution in [1.29, 1.82) is 0 Å². The number of rotatable bonds is 4. The highest BCUT2D eigenvalue weighted by atomic mass is 32.2. The van der Waals surface area contributed by atoms with Crippen LogP contribution < -0.4 is 22.7 Å². The summed E-state index contributed by atoms with van der Waals surface area (Å²) >= 11 is 1.35. The first kappa shape index (κ1) is 23.9. The van der Waals surface area contributed by atoms with Crippen molar-refractivity contribution < 1.29 is 24.1 Å². The van der Waals surface area contributed by atoms with Gasteiger partial charge in [0.25, 0.3) is 5.56 Å². The number of hydrogen-bond donors (Lipinski definition) is 4. The van der Waals surface area contributed by atoms with Gasteiger partial charge in [0, 0.05) is 17.5 Å². The van der Waals surface area contributed by atoms with Crippen LogP contribution >= 0.6 is 11.8 Å². The van der Waals surface area contributed by atoms with E-state index in [1.807, 2.05) is 0 Å². The number of anilines is 1. The number of aliphatic hydroxyl groups excluding tert-OH is 2. The van der Waals surface area contributed by atoms with Gasteiger partial charge in [-0.15, -0.1) is 11.8 Å². The monoisotopic (exact) mass is 471 g/mol. The van der Waals surface area contributed by atoms with Crippen LogP contribution in [-0.4, -0.2) is 59.8 Å². The van der Waals surface area contributed by atoms with Crippen molar-refractivity contribution in [2.45, 2.75) is 30.9 Å². The standard InChI is InChI=1S/C10H12N2O4.C8H10FN3O3S/c1-6-4-12(10(15)11-9(6)14)8-3-2-7(5-13)16-8;9-4-1-12(8(14)11-7(4)10)5-3-16-6(2-13)15-5/h2-4,7-8,13H,5H2,1H3,(H,11,14,15);1,5-6,13H,2-3H2,(H2,10,11,14)/t7-,8+;5-,6+/m00/s1. The number of nitrogens with zero attached hydrogens (tertiary/aromatic N) is 3. The van der Waals surface area contributed by atoms with Gasteiger partial charge in [-0.1, -0.05) is 6.08 Å². The van der Waals surface area contributed by atoms with Gasteiger partial charge in [0.15, 0.2) is 17.9 Å². The van der Waals surface area contributed by atoms with Gasteiger partial charge in [0.05, 0.1) is 19.4 Å². The number of nitrogens with two attached hydrogens (primary N) is 1. The molecular formula is C18H22FN5O7S. The fraction of sp³-hybridized carbons (Fsp3) is 0.444. The Bertz CT molecular complexity index is 1160. The maximum atomic E-state index is 13.1. The molecule has 0 unspecified atom stereocenters. The van der Waals surface area contributed by atoms with Gasteiger partial charge in [-0.2, -0.15) is 4.98 Å². The molecule has 2 aliphatic rings. The fourth-order valence-corrected chi connectivity index (χ4v) is 3.81. The summed E-state index contributed by atoms with van der Waals surface area (Å²) in [6.45, 7) is 1.32. The van der Waals surface area contributed by atoms with Crippen LogP contribution in [0.2, 0.25) is 0 Å². The highest BCUT2D eigenvalue weighted by Crippen LogP contribution is 2.30. The summed E-state index contributed by atoms with van der Waals surface area (Å²) in [5, 5.41) is 17.7. The van der Waals surface area contributed by atoms with Crippen LogP contribution in [0.5, 0.6) is 0 Å². The van der Waals surface area contributed by atoms with Crippen molar-refractivity contribution >= 4 is 17.6 Å². The average Bonchev–Trinajstić information content (AvgIpc) is 3.43. The summed E-state index contributed by atoms with van der Waals surface area (Å²) < 4.78 is 26.1. The van der Waals surface area contributed by atoms with Gasteiger partial charge in [-0.05, 0) is 13.0 Å². The highest BCUT2D eigenvalue weighted by molar-refractivity contribution is 8.00. The van der Waals surface area contributed by atoms with Crippen LogP contribution in [0.25, 0.3) is 0 Å². The van der Waals surface area contributed by atoms with Crippen LogP contribution in [0.1, 0.15) is 18.0 Å². The zero-order chi connectivity index (χ0) is 23.4. The predicted octanol–water partition coefficient (Wildman–Crippen LogP) is -1.16. The number of hydrogen-bond acceptors (Lipinski definition) is 10. The van der Waals surface area contributed by atoms with E-state index in [2.05, 4.69) is 9.97 Å². The number of nitrogens with one attached hydrogen (secondary N) is 1. The number of nitrogen functional groups attached to an aromatic ring is 1. The Labute approximate surface area is 184 Å². The molecule has 0 aliphatic carbocycles. The van der Waals surface area contributed by atoms with E-state index in [-0.39, 0.29) is 13.2 Å². The van der Waals surface area contributed by atoms with Gasteiger partial charge >= 0.3 is 11.4 Å². The molecule has 0 saturated carbocycles. The molecule has 4 rings (SSSR count). The third-order valence-electron chi connectivity index (χ3n) is 4.53. The van der Waals surface area contributed by atoms with E-state index in [9.17, 15) is 18.8 Å². The van der Waals surface area contributed by atoms with Crippen molar-refractivity contribution in [1.82, 2.24) is 19.1 Å². The molecule has 2 aliphatic heterocycles. The van der Waals surface area contributed by atoms with Gasteiger partial charge in [-0.25, -0.2) is 14.0 Å². The molecule has 0 radical (unpaired) electrons. The Morgan fingerprint density at radius 3 is 2.59 bits per heavy atom. The Morgan fingerprint density at radius 2 is 1.97 bits per heavy atom. The number of halogens is 1. The highest BCUT2D eigenvalue weighted by Gasteiger charge is 2.28. The number of thioether (sulfide) groups is 1. The second-order valence-electron chi connectivity index (χ2n) is 6.81. The van der Waals surface area contributed by atoms with E-state index in [4.69, 9.17) is 25.4 Å². The van der Waals surface area contributed by atoms with Gasteiger partial charge in [0.1, 0.15) is 17.8 Å². The number of aromatic nitrogens is 4. The number of aryl methyl sites for hydroxylation is 1. The molecule has 174 valence electrons. The van der Waals surface area contributed by atoms with Crippen LogP contribution in [-0.2, 0) is 9.47 Å². The largest absolute Gasteiger partial charge is 0.393 e. The normalized spacial score (nSPS) is 24.4. The number of ether oxygens (including phenoxy) is 2. The first-order valence-corrected chi connectivity index (χ1v) is 10.5. The minimum absolute atomic E-state index is 0.135. The second kappa shape index (κ2) is 10.2. The summed E-state index contributed by atoms with van der Waals surface area (Å²) in [5.41, 5.74) is 3.61. The second-order valence-corrected chi connectivity index (χ2v) is 8.00. The molecule has 1 saturated heterocycles. The Balaban J connectivity index is 0.000000181. The van der Waals surface area contributed by atoms with Crippen molar-refractivity contribution in [2.24, 2.45) is 0 Å². The molecular weight excluding hydrogens is 449 g/mol. The molecule has 2 aromatic heterocycles. The van der Waals surface area contributed by atoms with Crippen molar-refractivity contribution in [3.8, 4) is 0 Å². The van der Waals surface area contributed by atoms with E-state index in [0.717, 1.165) is 10.8 Å². The SMILES string of the molecule is Cc1cn([C@H]2C=C[C@@H](CO)O2)c(=O)[nH]c1=O.Nc1nc(=O)n([C@@H]2CS[C@H](CO)O2)cc1F. The molecule has 12 nitrogen and oxygen atoms in total. The Morgan fingerprint density at radius 1 is 1.22 bits per heavy atom. The van der Waals surface area contributed by atoms with E-state index in [1.165, 1.54) is 22.5 Å². The lowest BCUT2D eigenvalue weighted by Gasteiger charge is -2.14. The topological polar surface area (TPSA) is 175 Å². The van der Waals surface area contributed by atoms with E-state index in [1.54, 1.807) is 19.1 Å². The van der Waals surface area contributed by atoms with Crippen LogP contribution in [0.15, 0.2) is 38.9 Å². The molecule has 5 N–H and O–H groups in total. The van der Waals surface area contributed by atoms with Gasteiger partial charge < -0.3 is 25.4 Å². The summed E-state index contributed by atoms with van der Waals surface area (Å²) in [5.74, 6) is -0.734. The lowest BCUT2D eigenvalue weighted by molar-refractivity contribution is -0.0104. The fourth-order valence-electron chi connectivity index (χ4n) is 2.88. The quantitative estimate of drug-likeness (QED) is 0.398. The molecule has 0 spiro atoms. The zero-order valence-corrected chi connectivity index (χ0v) is 17.7. The molecule has 14 heteroatoms. The minimum atomic E-state index is -0.763. The van der Waals surface area contributed by atoms with Crippen molar-refractivity contribution in [3.63, 3.8) is 0 Å². The van der Waals surface area contributed by atoms with Gasteiger partial charge in [-0.3, -0.25) is 18.9 Å². The Hall–Kier alpha value is -2.78. The molecule has 4 atom stereocenters. The Kier molecular flexibility index (Phi) is 7.63. The van der Waals surface area contributed by atoms with Crippen molar-refractivity contribution in [2.75, 3.05) is 24.7 Å². The van der Waals surface area contributed by atoms with E-state index in [0.29, 0.717) is 11.3 Å². The summed E-state index contributed by atoms with van der Waals surface area (Å²) in [6, 6.07) is 0. The van der Waals surface area contributed by atoms with Gasteiger partial charge in [0.2, 0.25) is 0 Å². The lowest BCUT2D eigenvalue weighted by Crippen LogP contribution is -2.33. The molecule has 0 aromatic carbocycles. The summed E-state index contributed by atoms with van der Waals surface area (Å²) in [4.78, 5) is 39.6. The molecule has 32 heavy (non-hydrogen) atoms. The van der Waals surface area contributed by atoms with E-state index < -0.39 is 52.6 Å². The third-order valence-corrected chi connectivity index (χ3v) is 5.64. The lowest BCUT2D eigenvalue weighted by atomic mass is 10.3. The van der Waals surface area contributed by atoms with Crippen LogP contribution in [0, 0.1) is 12.7 Å². The zero-order valence-electron chi connectivity index (χ0n) is 16.9. The van der Waals surface area contributed by atoms with Crippen LogP contribution in [0.4, 0.5) is 10.2 Å². The number of H-pyrrole nitrogens is 1. The average molecular weight is 471 g/mol. The maximum Gasteiger partial charge on any atom is 0.351 e. The van der Waals surface area contributed by atoms with Crippen LogP contribution in [0.3, 0.4) is 0 Å². The molecule has 0 amide bonds. The first-order valence-electron chi connectivity index (χ1n) is 9.42. The van der Waals surface area contributed by atoms with Crippen molar-refractivity contribution in [3.05, 3.63) is 67.2 Å². The molecule has 0 bridgehead atoms. The predicted molar refractivity (Wildman–Crippen MR) is 113 cm³/mol. The van der Waals surface area contributed by atoms with E-state index >= 15 is 0 Å². The summed E-state index contributed by atoms with van der Waals surface area (Å²) in [7, 11) is 0. The number of aliphatic hydroxyl groups is 2. The molecule has 4 heterocycles. The minimum Gasteiger partial charge on any atom is -0.393 e. The molecule has 1 fully saturated rings. The number of aromatic amines is 1. The smallest absolute Gasteiger partial charge is 0.351 e. The third kappa shape index (κ3) is 5.34.